The molecule has 108 valence electrons. The van der Waals surface area contributed by atoms with Crippen molar-refractivity contribution < 1.29 is 8.78 Å². The van der Waals surface area contributed by atoms with Gasteiger partial charge >= 0.3 is 0 Å². The molecule has 0 spiro atoms. The molecule has 6 heteroatoms. The van der Waals surface area contributed by atoms with E-state index in [2.05, 4.69) is 10.4 Å². The summed E-state index contributed by atoms with van der Waals surface area (Å²) in [7, 11) is 3.54. The molecule has 0 aliphatic carbocycles. The number of hydrogen-bond acceptors (Lipinski definition) is 2. The molecule has 1 aromatic carbocycles. The highest BCUT2D eigenvalue weighted by molar-refractivity contribution is 6.30. The molecule has 0 saturated heterocycles. The third kappa shape index (κ3) is 2.83. The highest BCUT2D eigenvalue weighted by atomic mass is 35.5. The number of nitrogens with zero attached hydrogens (tertiary/aromatic N) is 2. The molecular formula is C14H16ClF2N3. The minimum atomic E-state index is -0.850. The molecule has 3 nitrogen and oxygen atoms in total. The van der Waals surface area contributed by atoms with E-state index < -0.39 is 11.6 Å². The third-order valence-corrected chi connectivity index (χ3v) is 3.85. The Labute approximate surface area is 121 Å². The van der Waals surface area contributed by atoms with Crippen LogP contribution < -0.4 is 5.32 Å². The Kier molecular flexibility index (Phi) is 4.40. The van der Waals surface area contributed by atoms with Crippen molar-refractivity contribution >= 4 is 11.6 Å². The van der Waals surface area contributed by atoms with Gasteiger partial charge in [-0.2, -0.15) is 5.10 Å². The summed E-state index contributed by atoms with van der Waals surface area (Å²) >= 11 is 6.20. The van der Waals surface area contributed by atoms with Crippen LogP contribution in [0.4, 0.5) is 8.78 Å². The Bertz CT molecular complexity index is 625. The lowest BCUT2D eigenvalue weighted by Crippen LogP contribution is -2.19. The third-order valence-electron chi connectivity index (χ3n) is 3.37. The summed E-state index contributed by atoms with van der Waals surface area (Å²) in [4.78, 5) is 0. The molecule has 0 amide bonds. The van der Waals surface area contributed by atoms with Crippen molar-refractivity contribution in [3.8, 4) is 0 Å². The Morgan fingerprint density at radius 2 is 2.05 bits per heavy atom. The molecule has 1 heterocycles. The fraction of sp³-hybridized carbons (Fsp3) is 0.357. The Morgan fingerprint density at radius 3 is 2.55 bits per heavy atom. The summed E-state index contributed by atoms with van der Waals surface area (Å²) in [6.45, 7) is 1.87. The lowest BCUT2D eigenvalue weighted by molar-refractivity contribution is 0.501. The molecule has 0 saturated carbocycles. The first kappa shape index (κ1) is 14.9. The zero-order valence-corrected chi connectivity index (χ0v) is 12.3. The second kappa shape index (κ2) is 5.89. The van der Waals surface area contributed by atoms with Crippen LogP contribution in [0.2, 0.25) is 5.15 Å². The quantitative estimate of drug-likeness (QED) is 0.940. The van der Waals surface area contributed by atoms with E-state index in [9.17, 15) is 8.78 Å². The van der Waals surface area contributed by atoms with E-state index in [1.165, 1.54) is 6.07 Å². The maximum absolute atomic E-state index is 13.3. The van der Waals surface area contributed by atoms with Crippen LogP contribution in [0.5, 0.6) is 0 Å². The minimum Gasteiger partial charge on any atom is -0.313 e. The molecule has 2 rings (SSSR count). The van der Waals surface area contributed by atoms with Gasteiger partial charge in [0, 0.05) is 18.7 Å². The van der Waals surface area contributed by atoms with Gasteiger partial charge in [-0.15, -0.1) is 0 Å². The summed E-state index contributed by atoms with van der Waals surface area (Å²) in [5.41, 5.74) is 2.41. The van der Waals surface area contributed by atoms with Gasteiger partial charge in [-0.05, 0) is 38.1 Å². The summed E-state index contributed by atoms with van der Waals surface area (Å²) in [5, 5.41) is 7.90. The first-order valence-electron chi connectivity index (χ1n) is 6.24. The molecule has 2 aromatic rings. The fourth-order valence-electron chi connectivity index (χ4n) is 2.23. The van der Waals surface area contributed by atoms with E-state index in [1.807, 2.05) is 6.92 Å². The average Bonchev–Trinajstić information content (AvgIpc) is 2.65. The van der Waals surface area contributed by atoms with E-state index >= 15 is 0 Å². The van der Waals surface area contributed by atoms with Gasteiger partial charge in [0.25, 0.3) is 0 Å². The highest BCUT2D eigenvalue weighted by Gasteiger charge is 2.18. The lowest BCUT2D eigenvalue weighted by atomic mass is 9.99. The molecular weight excluding hydrogens is 284 g/mol. The Balaban J connectivity index is 2.31. The number of hydrogen-bond donors (Lipinski definition) is 1. The van der Waals surface area contributed by atoms with Crippen molar-refractivity contribution in [3.63, 3.8) is 0 Å². The highest BCUT2D eigenvalue weighted by Crippen LogP contribution is 2.26. The van der Waals surface area contributed by atoms with Crippen LogP contribution in [0, 0.1) is 18.6 Å². The fourth-order valence-corrected chi connectivity index (χ4v) is 2.48. The van der Waals surface area contributed by atoms with Crippen LogP contribution in [-0.4, -0.2) is 16.8 Å². The molecule has 1 aromatic heterocycles. The molecule has 0 bridgehead atoms. The van der Waals surface area contributed by atoms with Gasteiger partial charge in [0.15, 0.2) is 11.6 Å². The second-order valence-corrected chi connectivity index (χ2v) is 5.06. The first-order valence-corrected chi connectivity index (χ1v) is 6.62. The summed E-state index contributed by atoms with van der Waals surface area (Å²) in [5.74, 6) is -1.70. The SMILES string of the molecule is CNC(Cc1c(C)nn(C)c1Cl)c1ccc(F)c(F)c1. The smallest absolute Gasteiger partial charge is 0.159 e. The van der Waals surface area contributed by atoms with Crippen LogP contribution in [0.15, 0.2) is 18.2 Å². The summed E-state index contributed by atoms with van der Waals surface area (Å²) in [6, 6.07) is 3.74. The number of benzene rings is 1. The van der Waals surface area contributed by atoms with Crippen molar-refractivity contribution in [2.45, 2.75) is 19.4 Å². The van der Waals surface area contributed by atoms with E-state index in [0.29, 0.717) is 17.1 Å². The van der Waals surface area contributed by atoms with Crippen molar-refractivity contribution in [2.24, 2.45) is 7.05 Å². The van der Waals surface area contributed by atoms with Gasteiger partial charge < -0.3 is 5.32 Å². The minimum absolute atomic E-state index is 0.162. The summed E-state index contributed by atoms with van der Waals surface area (Å²) < 4.78 is 27.9. The van der Waals surface area contributed by atoms with E-state index in [0.717, 1.165) is 17.3 Å². The monoisotopic (exact) mass is 299 g/mol. The largest absolute Gasteiger partial charge is 0.313 e. The number of aromatic nitrogens is 2. The average molecular weight is 300 g/mol. The molecule has 0 radical (unpaired) electrons. The number of aryl methyl sites for hydroxylation is 2. The molecule has 1 atom stereocenters. The molecule has 1 N–H and O–H groups in total. The number of nitrogens with one attached hydrogen (secondary N) is 1. The van der Waals surface area contributed by atoms with Crippen molar-refractivity contribution in [1.29, 1.82) is 0 Å². The first-order chi connectivity index (χ1) is 9.43. The van der Waals surface area contributed by atoms with E-state index in [4.69, 9.17) is 11.6 Å². The van der Waals surface area contributed by atoms with Crippen molar-refractivity contribution in [2.75, 3.05) is 7.05 Å². The zero-order chi connectivity index (χ0) is 14.9. The van der Waals surface area contributed by atoms with Gasteiger partial charge in [-0.3, -0.25) is 4.68 Å². The van der Waals surface area contributed by atoms with Crippen LogP contribution in [0.3, 0.4) is 0 Å². The Hall–Kier alpha value is -1.46. The van der Waals surface area contributed by atoms with Gasteiger partial charge in [-0.25, -0.2) is 8.78 Å². The van der Waals surface area contributed by atoms with Gasteiger partial charge in [0.05, 0.1) is 5.69 Å². The molecule has 0 aliphatic heterocycles. The molecule has 1 unspecified atom stereocenters. The number of rotatable bonds is 4. The maximum atomic E-state index is 13.3. The van der Waals surface area contributed by atoms with Crippen LogP contribution in [0.1, 0.15) is 22.9 Å². The van der Waals surface area contributed by atoms with E-state index in [-0.39, 0.29) is 6.04 Å². The molecule has 20 heavy (non-hydrogen) atoms. The molecule has 0 fully saturated rings. The maximum Gasteiger partial charge on any atom is 0.159 e. The molecule has 0 aliphatic rings. The van der Waals surface area contributed by atoms with E-state index in [1.54, 1.807) is 24.8 Å². The standard InChI is InChI=1S/C14H16ClF2N3/c1-8-10(14(15)20(3)19-8)7-13(18-2)9-4-5-11(16)12(17)6-9/h4-6,13,18H,7H2,1-3H3. The zero-order valence-electron chi connectivity index (χ0n) is 11.5. The van der Waals surface area contributed by atoms with Gasteiger partial charge in [-0.1, -0.05) is 17.7 Å². The summed E-state index contributed by atoms with van der Waals surface area (Å²) in [6.07, 6.45) is 0.556. The lowest BCUT2D eigenvalue weighted by Gasteiger charge is -2.17. The van der Waals surface area contributed by atoms with Gasteiger partial charge in [0.2, 0.25) is 0 Å². The van der Waals surface area contributed by atoms with Crippen LogP contribution in [0.25, 0.3) is 0 Å². The van der Waals surface area contributed by atoms with Crippen LogP contribution in [-0.2, 0) is 13.5 Å². The van der Waals surface area contributed by atoms with Gasteiger partial charge in [0.1, 0.15) is 5.15 Å². The topological polar surface area (TPSA) is 29.9 Å². The predicted octanol–water partition coefficient (Wildman–Crippen LogP) is 3.16. The predicted molar refractivity (Wildman–Crippen MR) is 74.8 cm³/mol. The second-order valence-electron chi connectivity index (χ2n) is 4.70. The van der Waals surface area contributed by atoms with Crippen LogP contribution >= 0.6 is 11.6 Å². The van der Waals surface area contributed by atoms with Crippen molar-refractivity contribution in [1.82, 2.24) is 15.1 Å². The Morgan fingerprint density at radius 1 is 1.35 bits per heavy atom. The number of halogens is 3. The normalized spacial score (nSPS) is 12.7. The number of likely N-dealkylation sites (N-methyl/N-ethyl adjacent to an activating group) is 1. The van der Waals surface area contributed by atoms with Crippen molar-refractivity contribution in [3.05, 3.63) is 51.8 Å².